The quantitative estimate of drug-likeness (QED) is 0.536. The van der Waals surface area contributed by atoms with Crippen molar-refractivity contribution in [2.24, 2.45) is 0 Å². The van der Waals surface area contributed by atoms with Gasteiger partial charge in [-0.15, -0.1) is 0 Å². The Hall–Kier alpha value is -2.65. The lowest BCUT2D eigenvalue weighted by atomic mass is 10.1. The zero-order valence-corrected chi connectivity index (χ0v) is 17.1. The first-order valence-electron chi connectivity index (χ1n) is 8.36. The van der Waals surface area contributed by atoms with Gasteiger partial charge in [0.25, 0.3) is 5.69 Å². The number of nitrogens with zero attached hydrogens (tertiary/aromatic N) is 2. The van der Waals surface area contributed by atoms with Gasteiger partial charge in [0.05, 0.1) is 27.6 Å². The highest BCUT2D eigenvalue weighted by Gasteiger charge is 2.33. The average molecular weight is 426 g/mol. The van der Waals surface area contributed by atoms with Crippen molar-refractivity contribution in [1.29, 1.82) is 0 Å². The van der Waals surface area contributed by atoms with Crippen molar-refractivity contribution in [2.75, 3.05) is 15.9 Å². The summed E-state index contributed by atoms with van der Waals surface area (Å²) in [6.07, 6.45) is 1.10. The summed E-state index contributed by atoms with van der Waals surface area (Å²) in [5, 5.41) is 14.1. The minimum atomic E-state index is -3.92. The van der Waals surface area contributed by atoms with Crippen LogP contribution in [0.1, 0.15) is 18.9 Å². The van der Waals surface area contributed by atoms with E-state index >= 15 is 0 Å². The summed E-state index contributed by atoms with van der Waals surface area (Å²) in [6.45, 7) is 3.28. The molecule has 0 fully saturated rings. The number of rotatable bonds is 7. The fourth-order valence-corrected chi connectivity index (χ4v) is 4.21. The molecule has 10 heteroatoms. The molecule has 1 N–H and O–H groups in total. The third kappa shape index (κ3) is 4.79. The van der Waals surface area contributed by atoms with E-state index in [1.165, 1.54) is 12.1 Å². The van der Waals surface area contributed by atoms with E-state index in [1.54, 1.807) is 38.1 Å². The van der Waals surface area contributed by atoms with Crippen LogP contribution in [0.2, 0.25) is 5.02 Å². The number of halogens is 1. The first-order chi connectivity index (χ1) is 13.1. The molecule has 0 aromatic heterocycles. The van der Waals surface area contributed by atoms with Gasteiger partial charge in [0, 0.05) is 12.1 Å². The van der Waals surface area contributed by atoms with Crippen LogP contribution in [0, 0.1) is 17.0 Å². The fourth-order valence-electron chi connectivity index (χ4n) is 2.76. The maximum Gasteiger partial charge on any atom is 0.271 e. The van der Waals surface area contributed by atoms with Gasteiger partial charge in [0.1, 0.15) is 6.04 Å². The van der Waals surface area contributed by atoms with Gasteiger partial charge in [-0.3, -0.25) is 19.2 Å². The van der Waals surface area contributed by atoms with Gasteiger partial charge >= 0.3 is 0 Å². The van der Waals surface area contributed by atoms with Crippen molar-refractivity contribution in [3.8, 4) is 0 Å². The first kappa shape index (κ1) is 21.6. The molecular formula is C18H20ClN3O5S. The fraction of sp³-hybridized carbons (Fsp3) is 0.278. The molecule has 150 valence electrons. The molecule has 2 aromatic rings. The minimum Gasteiger partial charge on any atom is -0.323 e. The number of para-hydroxylation sites is 1. The second-order valence-corrected chi connectivity index (χ2v) is 8.45. The smallest absolute Gasteiger partial charge is 0.271 e. The predicted molar refractivity (Wildman–Crippen MR) is 109 cm³/mol. The van der Waals surface area contributed by atoms with Crippen molar-refractivity contribution in [2.45, 2.75) is 26.3 Å². The molecule has 28 heavy (non-hydrogen) atoms. The van der Waals surface area contributed by atoms with Crippen molar-refractivity contribution in [3.05, 3.63) is 63.2 Å². The normalized spacial score (nSPS) is 12.3. The lowest BCUT2D eigenvalue weighted by Gasteiger charge is -2.31. The molecule has 0 aliphatic rings. The average Bonchev–Trinajstić information content (AvgIpc) is 2.61. The zero-order chi connectivity index (χ0) is 21.1. The second kappa shape index (κ2) is 8.57. The molecule has 2 aromatic carbocycles. The molecular weight excluding hydrogens is 406 g/mol. The number of hydrogen-bond donors (Lipinski definition) is 1. The second-order valence-electron chi connectivity index (χ2n) is 6.18. The predicted octanol–water partition coefficient (Wildman–Crippen LogP) is 3.74. The Bertz CT molecular complexity index is 1010. The summed E-state index contributed by atoms with van der Waals surface area (Å²) in [6, 6.07) is 9.34. The van der Waals surface area contributed by atoms with Crippen LogP contribution in [0.4, 0.5) is 17.1 Å². The third-order valence-electron chi connectivity index (χ3n) is 4.10. The number of carbonyl (C=O) groups excluding carboxylic acids is 1. The number of nitro groups is 1. The van der Waals surface area contributed by atoms with E-state index in [9.17, 15) is 23.3 Å². The van der Waals surface area contributed by atoms with Gasteiger partial charge in [-0.05, 0) is 31.0 Å². The van der Waals surface area contributed by atoms with Crippen LogP contribution in [-0.2, 0) is 14.8 Å². The lowest BCUT2D eigenvalue weighted by Crippen LogP contribution is -2.47. The Morgan fingerprint density at radius 1 is 1.29 bits per heavy atom. The standard InChI is InChI=1S/C18H20ClN3O5S/c1-4-16(18(23)20-15-8-6-5-7-14(15)19)21(28(3,26)27)17-11-13(22(24)25)10-9-12(17)2/h5-11,16H,4H2,1-3H3,(H,20,23)/t16-/m1/s1. The number of benzene rings is 2. The van der Waals surface area contributed by atoms with E-state index in [2.05, 4.69) is 5.32 Å². The topological polar surface area (TPSA) is 110 Å². The monoisotopic (exact) mass is 425 g/mol. The third-order valence-corrected chi connectivity index (χ3v) is 5.60. The highest BCUT2D eigenvalue weighted by molar-refractivity contribution is 7.92. The van der Waals surface area contributed by atoms with E-state index in [0.29, 0.717) is 16.3 Å². The van der Waals surface area contributed by atoms with Crippen molar-refractivity contribution >= 4 is 44.6 Å². The van der Waals surface area contributed by atoms with E-state index in [4.69, 9.17) is 11.6 Å². The van der Waals surface area contributed by atoms with Gasteiger partial charge < -0.3 is 5.32 Å². The minimum absolute atomic E-state index is 0.0814. The highest BCUT2D eigenvalue weighted by Crippen LogP contribution is 2.31. The Morgan fingerprint density at radius 3 is 2.46 bits per heavy atom. The number of carbonyl (C=O) groups is 1. The van der Waals surface area contributed by atoms with Crippen LogP contribution in [0.25, 0.3) is 0 Å². The summed E-state index contributed by atoms with van der Waals surface area (Å²) in [4.78, 5) is 23.4. The number of anilines is 2. The van der Waals surface area contributed by atoms with Crippen LogP contribution in [0.5, 0.6) is 0 Å². The number of hydrogen-bond acceptors (Lipinski definition) is 5. The SMILES string of the molecule is CC[C@H](C(=O)Nc1ccccc1Cl)N(c1cc([N+](=O)[O-])ccc1C)S(C)(=O)=O. The van der Waals surface area contributed by atoms with Crippen molar-refractivity contribution < 1.29 is 18.1 Å². The molecule has 0 radical (unpaired) electrons. The maximum absolute atomic E-state index is 12.9. The molecule has 0 unspecified atom stereocenters. The number of nitro benzene ring substituents is 1. The number of nitrogens with one attached hydrogen (secondary N) is 1. The Kier molecular flexibility index (Phi) is 6.63. The van der Waals surface area contributed by atoms with E-state index in [0.717, 1.165) is 16.6 Å². The summed E-state index contributed by atoms with van der Waals surface area (Å²) in [5.74, 6) is -0.591. The van der Waals surface area contributed by atoms with Crippen LogP contribution in [0.15, 0.2) is 42.5 Å². The molecule has 2 rings (SSSR count). The Balaban J connectivity index is 2.52. The van der Waals surface area contributed by atoms with Crippen LogP contribution < -0.4 is 9.62 Å². The first-order valence-corrected chi connectivity index (χ1v) is 10.6. The van der Waals surface area contributed by atoms with Crippen LogP contribution >= 0.6 is 11.6 Å². The van der Waals surface area contributed by atoms with Crippen molar-refractivity contribution in [1.82, 2.24) is 0 Å². The number of aryl methyl sites for hydroxylation is 1. The maximum atomic E-state index is 12.9. The molecule has 1 atom stereocenters. The van der Waals surface area contributed by atoms with Gasteiger partial charge in [-0.2, -0.15) is 0 Å². The molecule has 0 saturated carbocycles. The summed E-state index contributed by atoms with van der Waals surface area (Å²) >= 11 is 6.06. The lowest BCUT2D eigenvalue weighted by molar-refractivity contribution is -0.384. The number of amides is 1. The van der Waals surface area contributed by atoms with Gasteiger partial charge in [0.15, 0.2) is 0 Å². The van der Waals surface area contributed by atoms with E-state index in [-0.39, 0.29) is 17.8 Å². The van der Waals surface area contributed by atoms with Gasteiger partial charge in [-0.25, -0.2) is 8.42 Å². The van der Waals surface area contributed by atoms with E-state index < -0.39 is 26.9 Å². The summed E-state index contributed by atoms with van der Waals surface area (Å²) in [5.41, 5.74) is 0.644. The van der Waals surface area contributed by atoms with Crippen molar-refractivity contribution in [3.63, 3.8) is 0 Å². The molecule has 0 aliphatic heterocycles. The highest BCUT2D eigenvalue weighted by atomic mass is 35.5. The Morgan fingerprint density at radius 2 is 1.93 bits per heavy atom. The van der Waals surface area contributed by atoms with Crippen LogP contribution in [-0.4, -0.2) is 31.5 Å². The number of non-ortho nitro benzene ring substituents is 1. The van der Waals surface area contributed by atoms with Crippen LogP contribution in [0.3, 0.4) is 0 Å². The van der Waals surface area contributed by atoms with Gasteiger partial charge in [0.2, 0.25) is 15.9 Å². The molecule has 1 amide bonds. The molecule has 0 saturated heterocycles. The zero-order valence-electron chi connectivity index (χ0n) is 15.5. The van der Waals surface area contributed by atoms with E-state index in [1.807, 2.05) is 0 Å². The Labute approximate surface area is 168 Å². The largest absolute Gasteiger partial charge is 0.323 e. The molecule has 0 bridgehead atoms. The number of sulfonamides is 1. The molecule has 0 heterocycles. The summed E-state index contributed by atoms with van der Waals surface area (Å²) in [7, 11) is -3.92. The molecule has 8 nitrogen and oxygen atoms in total. The molecule has 0 aliphatic carbocycles. The molecule has 0 spiro atoms. The summed E-state index contributed by atoms with van der Waals surface area (Å²) < 4.78 is 26.0. The van der Waals surface area contributed by atoms with Gasteiger partial charge in [-0.1, -0.05) is 36.7 Å².